The molecule has 1 aromatic heterocycles. The van der Waals surface area contributed by atoms with Crippen molar-refractivity contribution in [3.63, 3.8) is 0 Å². The molecule has 0 aliphatic carbocycles. The Morgan fingerprint density at radius 3 is 2.22 bits per heavy atom. The molecule has 1 aliphatic heterocycles. The molecule has 162 valence electrons. The van der Waals surface area contributed by atoms with Crippen molar-refractivity contribution in [3.8, 4) is 0 Å². The Hall–Kier alpha value is -3.85. The van der Waals surface area contributed by atoms with Gasteiger partial charge in [-0.2, -0.15) is 0 Å². The van der Waals surface area contributed by atoms with E-state index in [0.29, 0.717) is 16.5 Å². The number of hydrogen-bond acceptors (Lipinski definition) is 7. The van der Waals surface area contributed by atoms with Crippen molar-refractivity contribution < 1.29 is 23.9 Å². The Kier molecular flexibility index (Phi) is 5.83. The molecule has 0 saturated heterocycles. The summed E-state index contributed by atoms with van der Waals surface area (Å²) in [6.07, 6.45) is 0. The van der Waals surface area contributed by atoms with Crippen LogP contribution in [0.4, 0.5) is 10.8 Å². The number of anilines is 2. The molecule has 0 bridgehead atoms. The molecule has 0 spiro atoms. The molecule has 9 heteroatoms. The van der Waals surface area contributed by atoms with E-state index >= 15 is 0 Å². The summed E-state index contributed by atoms with van der Waals surface area (Å²) in [6.45, 7) is 2.74. The number of thiazole rings is 1. The van der Waals surface area contributed by atoms with Crippen LogP contribution in [0.15, 0.2) is 60.0 Å². The molecular weight excluding hydrogens is 430 g/mol. The van der Waals surface area contributed by atoms with Gasteiger partial charge >= 0.3 is 5.97 Å². The number of nitrogens with zero attached hydrogens (tertiary/aromatic N) is 3. The van der Waals surface area contributed by atoms with E-state index in [1.807, 2.05) is 18.2 Å². The number of fused-ring (bicyclic) bond motifs is 1. The summed E-state index contributed by atoms with van der Waals surface area (Å²) in [4.78, 5) is 56.6. The highest BCUT2D eigenvalue weighted by atomic mass is 32.1. The summed E-state index contributed by atoms with van der Waals surface area (Å²) in [5.41, 5.74) is 1.67. The minimum atomic E-state index is -1.08. The molecule has 1 unspecified atom stereocenters. The first kappa shape index (κ1) is 21.4. The molecule has 4 rings (SSSR count). The third-order valence-electron chi connectivity index (χ3n) is 4.98. The largest absolute Gasteiger partial charge is 0.458 e. The summed E-state index contributed by atoms with van der Waals surface area (Å²) < 4.78 is 5.31. The monoisotopic (exact) mass is 449 g/mol. The number of carbonyl (C=O) groups excluding carboxylic acids is 4. The number of aromatic nitrogens is 1. The zero-order valence-electron chi connectivity index (χ0n) is 17.3. The normalized spacial score (nSPS) is 13.6. The molecule has 32 heavy (non-hydrogen) atoms. The predicted molar refractivity (Wildman–Crippen MR) is 118 cm³/mol. The Morgan fingerprint density at radius 1 is 1.03 bits per heavy atom. The fourth-order valence-electron chi connectivity index (χ4n) is 3.40. The number of carbonyl (C=O) groups is 4. The second-order valence-corrected chi connectivity index (χ2v) is 7.96. The van der Waals surface area contributed by atoms with Gasteiger partial charge in [0.1, 0.15) is 12.6 Å². The number of rotatable bonds is 6. The van der Waals surface area contributed by atoms with Crippen molar-refractivity contribution in [2.24, 2.45) is 0 Å². The van der Waals surface area contributed by atoms with Crippen molar-refractivity contribution in [1.82, 2.24) is 9.88 Å². The molecule has 1 aliphatic rings. The second kappa shape index (κ2) is 8.72. The van der Waals surface area contributed by atoms with Crippen molar-refractivity contribution in [2.45, 2.75) is 26.5 Å². The fraction of sp³-hybridized carbons (Fsp3) is 0.174. The first-order valence-corrected chi connectivity index (χ1v) is 10.7. The number of amides is 3. The van der Waals surface area contributed by atoms with Crippen LogP contribution in [0.3, 0.4) is 0 Å². The van der Waals surface area contributed by atoms with Gasteiger partial charge in [0, 0.05) is 12.3 Å². The molecule has 3 amide bonds. The van der Waals surface area contributed by atoms with Gasteiger partial charge in [0.25, 0.3) is 11.8 Å². The van der Waals surface area contributed by atoms with Crippen LogP contribution in [0.25, 0.3) is 0 Å². The maximum atomic E-state index is 12.6. The Balaban J connectivity index is 1.43. The molecule has 0 saturated carbocycles. The van der Waals surface area contributed by atoms with Gasteiger partial charge < -0.3 is 4.74 Å². The van der Waals surface area contributed by atoms with Gasteiger partial charge in [-0.1, -0.05) is 30.3 Å². The van der Waals surface area contributed by atoms with E-state index in [2.05, 4.69) is 4.98 Å². The highest BCUT2D eigenvalue weighted by Crippen LogP contribution is 2.29. The quantitative estimate of drug-likeness (QED) is 0.422. The van der Waals surface area contributed by atoms with Crippen LogP contribution < -0.4 is 4.90 Å². The van der Waals surface area contributed by atoms with E-state index in [9.17, 15) is 19.2 Å². The third-order valence-corrected chi connectivity index (χ3v) is 5.85. The van der Waals surface area contributed by atoms with Gasteiger partial charge in [-0.15, -0.1) is 11.3 Å². The van der Waals surface area contributed by atoms with Gasteiger partial charge in [0.05, 0.1) is 22.5 Å². The lowest BCUT2D eigenvalue weighted by atomic mass is 10.1. The van der Waals surface area contributed by atoms with Crippen molar-refractivity contribution in [1.29, 1.82) is 0 Å². The minimum absolute atomic E-state index is 0.149. The van der Waals surface area contributed by atoms with Crippen LogP contribution in [-0.4, -0.2) is 39.6 Å². The lowest BCUT2D eigenvalue weighted by molar-refractivity contribution is -0.149. The Morgan fingerprint density at radius 2 is 1.62 bits per heavy atom. The maximum absolute atomic E-state index is 12.6. The third kappa shape index (κ3) is 3.90. The van der Waals surface area contributed by atoms with Gasteiger partial charge in [0.15, 0.2) is 5.13 Å². The first-order chi connectivity index (χ1) is 15.4. The van der Waals surface area contributed by atoms with Gasteiger partial charge in [-0.25, -0.2) is 9.78 Å². The smallest absolute Gasteiger partial charge is 0.329 e. The molecule has 0 fully saturated rings. The average Bonchev–Trinajstić information content (AvgIpc) is 3.35. The van der Waals surface area contributed by atoms with Crippen LogP contribution in [0.2, 0.25) is 0 Å². The molecule has 0 N–H and O–H groups in total. The number of imide groups is 1. The van der Waals surface area contributed by atoms with E-state index in [4.69, 9.17) is 4.74 Å². The SMILES string of the molecule is CC(=O)N(c1ccccc1)c1nc(COC(=O)C(C)N2C(=O)c3ccccc3C2=O)cs1. The number of ether oxygens (including phenoxy) is 1. The minimum Gasteiger partial charge on any atom is -0.458 e. The number of esters is 1. The topological polar surface area (TPSA) is 96.9 Å². The average molecular weight is 449 g/mol. The summed E-state index contributed by atoms with van der Waals surface area (Å²) in [5, 5.41) is 2.14. The summed E-state index contributed by atoms with van der Waals surface area (Å²) in [6, 6.07) is 14.4. The summed E-state index contributed by atoms with van der Waals surface area (Å²) in [5.74, 6) is -1.97. The molecule has 2 heterocycles. The molecule has 8 nitrogen and oxygen atoms in total. The van der Waals surface area contributed by atoms with E-state index in [1.54, 1.807) is 41.8 Å². The number of para-hydroxylation sites is 1. The van der Waals surface area contributed by atoms with Crippen LogP contribution in [-0.2, 0) is 20.9 Å². The predicted octanol–water partition coefficient (Wildman–Crippen LogP) is 3.56. The fourth-order valence-corrected chi connectivity index (χ4v) is 4.27. The van der Waals surface area contributed by atoms with Crippen molar-refractivity contribution >= 4 is 45.8 Å². The van der Waals surface area contributed by atoms with Crippen LogP contribution in [0.5, 0.6) is 0 Å². The summed E-state index contributed by atoms with van der Waals surface area (Å²) >= 11 is 1.24. The van der Waals surface area contributed by atoms with Crippen LogP contribution >= 0.6 is 11.3 Å². The lowest BCUT2D eigenvalue weighted by Crippen LogP contribution is -2.43. The maximum Gasteiger partial charge on any atom is 0.329 e. The van der Waals surface area contributed by atoms with E-state index in [1.165, 1.54) is 30.1 Å². The van der Waals surface area contributed by atoms with Gasteiger partial charge in [-0.05, 0) is 31.2 Å². The van der Waals surface area contributed by atoms with Crippen molar-refractivity contribution in [3.05, 3.63) is 76.8 Å². The van der Waals surface area contributed by atoms with E-state index < -0.39 is 23.8 Å². The van der Waals surface area contributed by atoms with Crippen LogP contribution in [0, 0.1) is 0 Å². The highest BCUT2D eigenvalue weighted by Gasteiger charge is 2.41. The molecular formula is C23H19N3O5S. The highest BCUT2D eigenvalue weighted by molar-refractivity contribution is 7.14. The lowest BCUT2D eigenvalue weighted by Gasteiger charge is -2.20. The number of hydrogen-bond donors (Lipinski definition) is 0. The summed E-state index contributed by atoms with van der Waals surface area (Å²) in [7, 11) is 0. The van der Waals surface area contributed by atoms with Crippen LogP contribution in [0.1, 0.15) is 40.3 Å². The number of benzene rings is 2. The second-order valence-electron chi connectivity index (χ2n) is 7.12. The standard InChI is InChI=1S/C23H19N3O5S/c1-14(25-20(28)18-10-6-7-11-19(18)21(25)29)22(30)31-12-16-13-32-23(24-16)26(15(2)27)17-8-4-3-5-9-17/h3-11,13-14H,12H2,1-2H3. The van der Waals surface area contributed by atoms with Gasteiger partial charge in [-0.3, -0.25) is 24.2 Å². The Labute approximate surface area is 188 Å². The van der Waals surface area contributed by atoms with E-state index in [0.717, 1.165) is 4.90 Å². The molecule has 3 aromatic rings. The molecule has 2 aromatic carbocycles. The Bertz CT molecular complexity index is 1170. The first-order valence-electron chi connectivity index (χ1n) is 9.82. The zero-order valence-corrected chi connectivity index (χ0v) is 18.2. The van der Waals surface area contributed by atoms with Crippen molar-refractivity contribution in [2.75, 3.05) is 4.90 Å². The zero-order chi connectivity index (χ0) is 22.8. The van der Waals surface area contributed by atoms with Gasteiger partial charge in [0.2, 0.25) is 5.91 Å². The van der Waals surface area contributed by atoms with E-state index in [-0.39, 0.29) is 23.6 Å². The molecule has 0 radical (unpaired) electrons. The molecule has 1 atom stereocenters.